The Morgan fingerprint density at radius 2 is 2.00 bits per heavy atom. The molecule has 0 aromatic heterocycles. The van der Waals surface area contributed by atoms with Gasteiger partial charge >= 0.3 is 0 Å². The quantitative estimate of drug-likeness (QED) is 0.763. The molecule has 0 aliphatic heterocycles. The van der Waals surface area contributed by atoms with Crippen molar-refractivity contribution in [3.05, 3.63) is 0 Å². The second-order valence-electron chi connectivity index (χ2n) is 6.81. The monoisotopic (exact) mass is 223 g/mol. The Labute approximate surface area is 101 Å². The molecule has 2 fully saturated rings. The van der Waals surface area contributed by atoms with Crippen molar-refractivity contribution < 1.29 is 0 Å². The van der Waals surface area contributed by atoms with Crippen LogP contribution in [0.5, 0.6) is 0 Å². The zero-order valence-electron chi connectivity index (χ0n) is 11.6. The maximum absolute atomic E-state index is 3.63. The van der Waals surface area contributed by atoms with Crippen molar-refractivity contribution >= 4 is 0 Å². The van der Waals surface area contributed by atoms with E-state index in [1.54, 1.807) is 0 Å². The first-order chi connectivity index (χ1) is 7.58. The fourth-order valence-electron chi connectivity index (χ4n) is 3.92. The Morgan fingerprint density at radius 3 is 2.50 bits per heavy atom. The van der Waals surface area contributed by atoms with Gasteiger partial charge in [0.2, 0.25) is 0 Å². The summed E-state index contributed by atoms with van der Waals surface area (Å²) in [5, 5.41) is 3.63. The third kappa shape index (κ3) is 2.45. The SMILES string of the molecule is CCC1CCCC(C(NC)C2CC2(C)C)C1. The third-order valence-electron chi connectivity index (χ3n) is 5.27. The molecule has 0 heterocycles. The molecular formula is C15H29N. The second-order valence-corrected chi connectivity index (χ2v) is 6.81. The lowest BCUT2D eigenvalue weighted by atomic mass is 9.75. The van der Waals surface area contributed by atoms with Crippen molar-refractivity contribution in [3.8, 4) is 0 Å². The molecule has 2 aliphatic carbocycles. The smallest absolute Gasteiger partial charge is 0.0126 e. The van der Waals surface area contributed by atoms with E-state index in [1.807, 2.05) is 0 Å². The number of hydrogen-bond donors (Lipinski definition) is 1. The fraction of sp³-hybridized carbons (Fsp3) is 1.00. The van der Waals surface area contributed by atoms with E-state index in [9.17, 15) is 0 Å². The maximum Gasteiger partial charge on any atom is 0.0126 e. The van der Waals surface area contributed by atoms with Gasteiger partial charge in [-0.05, 0) is 49.5 Å². The summed E-state index contributed by atoms with van der Waals surface area (Å²) in [4.78, 5) is 0. The van der Waals surface area contributed by atoms with Gasteiger partial charge in [0.15, 0.2) is 0 Å². The van der Waals surface area contributed by atoms with Gasteiger partial charge < -0.3 is 5.32 Å². The number of hydrogen-bond acceptors (Lipinski definition) is 1. The molecule has 0 spiro atoms. The molecule has 94 valence electrons. The molecule has 0 saturated heterocycles. The van der Waals surface area contributed by atoms with Gasteiger partial charge in [0.25, 0.3) is 0 Å². The van der Waals surface area contributed by atoms with E-state index in [2.05, 4.69) is 33.1 Å². The third-order valence-corrected chi connectivity index (χ3v) is 5.27. The summed E-state index contributed by atoms with van der Waals surface area (Å²) >= 11 is 0. The van der Waals surface area contributed by atoms with Crippen LogP contribution in [0.3, 0.4) is 0 Å². The van der Waals surface area contributed by atoms with Crippen molar-refractivity contribution in [1.29, 1.82) is 0 Å². The van der Waals surface area contributed by atoms with Crippen LogP contribution in [0.15, 0.2) is 0 Å². The average molecular weight is 223 g/mol. The van der Waals surface area contributed by atoms with Gasteiger partial charge in [0.1, 0.15) is 0 Å². The first-order valence-corrected chi connectivity index (χ1v) is 7.25. The molecule has 16 heavy (non-hydrogen) atoms. The second kappa shape index (κ2) is 4.68. The van der Waals surface area contributed by atoms with Crippen LogP contribution in [-0.4, -0.2) is 13.1 Å². The standard InChI is InChI=1S/C15H29N/c1-5-11-7-6-8-12(9-11)14(16-4)13-10-15(13,2)3/h11-14,16H,5-10H2,1-4H3. The van der Waals surface area contributed by atoms with Crippen molar-refractivity contribution in [2.75, 3.05) is 7.05 Å². The van der Waals surface area contributed by atoms with Crippen LogP contribution in [0.25, 0.3) is 0 Å². The van der Waals surface area contributed by atoms with Crippen LogP contribution in [0.4, 0.5) is 0 Å². The molecule has 0 amide bonds. The zero-order chi connectivity index (χ0) is 11.8. The van der Waals surface area contributed by atoms with Crippen molar-refractivity contribution in [1.82, 2.24) is 5.32 Å². The Morgan fingerprint density at radius 1 is 1.31 bits per heavy atom. The van der Waals surface area contributed by atoms with E-state index in [0.29, 0.717) is 5.41 Å². The molecule has 0 aromatic carbocycles. The highest BCUT2D eigenvalue weighted by molar-refractivity contribution is 5.04. The Hall–Kier alpha value is -0.0400. The van der Waals surface area contributed by atoms with Gasteiger partial charge in [0.05, 0.1) is 0 Å². The van der Waals surface area contributed by atoms with Gasteiger partial charge in [-0.15, -0.1) is 0 Å². The minimum absolute atomic E-state index is 0.618. The summed E-state index contributed by atoms with van der Waals surface area (Å²) in [6.45, 7) is 7.23. The molecule has 0 bridgehead atoms. The Balaban J connectivity index is 1.94. The highest BCUT2D eigenvalue weighted by Crippen LogP contribution is 2.56. The Bertz CT molecular complexity index is 234. The molecule has 0 aromatic rings. The lowest BCUT2D eigenvalue weighted by Crippen LogP contribution is -2.39. The summed E-state index contributed by atoms with van der Waals surface area (Å²) < 4.78 is 0. The molecule has 2 rings (SSSR count). The van der Waals surface area contributed by atoms with E-state index in [4.69, 9.17) is 0 Å². The molecule has 1 heteroatoms. The first-order valence-electron chi connectivity index (χ1n) is 7.25. The van der Waals surface area contributed by atoms with Gasteiger partial charge in [-0.2, -0.15) is 0 Å². The van der Waals surface area contributed by atoms with Crippen LogP contribution >= 0.6 is 0 Å². The average Bonchev–Trinajstić information content (AvgIpc) is 2.89. The highest BCUT2D eigenvalue weighted by atomic mass is 14.9. The van der Waals surface area contributed by atoms with Crippen molar-refractivity contribution in [3.63, 3.8) is 0 Å². The van der Waals surface area contributed by atoms with Gasteiger partial charge in [-0.3, -0.25) is 0 Å². The number of nitrogens with one attached hydrogen (secondary N) is 1. The van der Waals surface area contributed by atoms with E-state index in [-0.39, 0.29) is 0 Å². The minimum Gasteiger partial charge on any atom is -0.316 e. The van der Waals surface area contributed by atoms with Crippen LogP contribution in [-0.2, 0) is 0 Å². The van der Waals surface area contributed by atoms with Gasteiger partial charge in [-0.1, -0.05) is 40.0 Å². The van der Waals surface area contributed by atoms with E-state index in [0.717, 1.165) is 23.8 Å². The number of rotatable bonds is 4. The molecule has 4 unspecified atom stereocenters. The Kier molecular flexibility index (Phi) is 3.63. The van der Waals surface area contributed by atoms with Gasteiger partial charge in [0, 0.05) is 6.04 Å². The topological polar surface area (TPSA) is 12.0 Å². The lowest BCUT2D eigenvalue weighted by Gasteiger charge is -2.35. The highest BCUT2D eigenvalue weighted by Gasteiger charge is 2.51. The van der Waals surface area contributed by atoms with E-state index < -0.39 is 0 Å². The van der Waals surface area contributed by atoms with Crippen molar-refractivity contribution in [2.45, 2.75) is 65.3 Å². The maximum atomic E-state index is 3.63. The van der Waals surface area contributed by atoms with E-state index in [1.165, 1.54) is 38.5 Å². The molecule has 1 N–H and O–H groups in total. The predicted octanol–water partition coefficient (Wildman–Crippen LogP) is 3.84. The van der Waals surface area contributed by atoms with Crippen LogP contribution in [0, 0.1) is 23.2 Å². The summed E-state index contributed by atoms with van der Waals surface area (Å²) in [6, 6.07) is 0.796. The van der Waals surface area contributed by atoms with Crippen LogP contribution < -0.4 is 5.32 Å². The molecular weight excluding hydrogens is 194 g/mol. The van der Waals surface area contributed by atoms with Gasteiger partial charge in [-0.25, -0.2) is 0 Å². The molecule has 4 atom stereocenters. The van der Waals surface area contributed by atoms with Crippen molar-refractivity contribution in [2.24, 2.45) is 23.2 Å². The van der Waals surface area contributed by atoms with Crippen LogP contribution in [0.1, 0.15) is 59.3 Å². The summed E-state index contributed by atoms with van der Waals surface area (Å²) in [7, 11) is 2.18. The van der Waals surface area contributed by atoms with E-state index >= 15 is 0 Å². The van der Waals surface area contributed by atoms with Crippen LogP contribution in [0.2, 0.25) is 0 Å². The zero-order valence-corrected chi connectivity index (χ0v) is 11.6. The molecule has 2 aliphatic rings. The predicted molar refractivity (Wildman–Crippen MR) is 70.5 cm³/mol. The largest absolute Gasteiger partial charge is 0.316 e. The first kappa shape index (κ1) is 12.4. The lowest BCUT2D eigenvalue weighted by molar-refractivity contribution is 0.191. The molecule has 0 radical (unpaired) electrons. The minimum atomic E-state index is 0.618. The fourth-order valence-corrected chi connectivity index (χ4v) is 3.92. The summed E-state index contributed by atoms with van der Waals surface area (Å²) in [5.74, 6) is 2.91. The normalized spacial score (nSPS) is 39.4. The summed E-state index contributed by atoms with van der Waals surface area (Å²) in [6.07, 6.45) is 8.72. The molecule has 2 saturated carbocycles. The molecule has 1 nitrogen and oxygen atoms in total. The summed E-state index contributed by atoms with van der Waals surface area (Å²) in [5.41, 5.74) is 0.618.